The third-order valence-electron chi connectivity index (χ3n) is 2.37. The Morgan fingerprint density at radius 1 is 1.44 bits per heavy atom. The fourth-order valence-electron chi connectivity index (χ4n) is 1.80. The molecule has 1 aromatic rings. The molecule has 1 unspecified atom stereocenters. The molecule has 1 heterocycles. The minimum Gasteiger partial charge on any atom is -0.466 e. The first kappa shape index (κ1) is 13.3. The van der Waals surface area contributed by atoms with E-state index in [1.807, 2.05) is 26.8 Å². The molecule has 1 atom stereocenters. The van der Waals surface area contributed by atoms with E-state index in [4.69, 9.17) is 4.42 Å². The zero-order valence-electron chi connectivity index (χ0n) is 10.2. The highest BCUT2D eigenvalue weighted by atomic mass is 32.2. The lowest BCUT2D eigenvalue weighted by Crippen LogP contribution is -2.27. The Morgan fingerprint density at radius 2 is 2.06 bits per heavy atom. The topological polar surface area (TPSA) is 59.3 Å². The van der Waals surface area contributed by atoms with Crippen molar-refractivity contribution in [3.63, 3.8) is 0 Å². The van der Waals surface area contributed by atoms with Crippen molar-refractivity contribution in [2.45, 2.75) is 26.8 Å². The molecule has 0 radical (unpaired) electrons. The smallest absolute Gasteiger partial charge is 0.149 e. The highest BCUT2D eigenvalue weighted by Gasteiger charge is 2.20. The summed E-state index contributed by atoms with van der Waals surface area (Å²) in [6.07, 6.45) is 1.25. The first-order valence-corrected chi connectivity index (χ1v) is 7.37. The third kappa shape index (κ3) is 3.64. The SMILES string of the molecule is CCNC(CS(C)(=O)=O)c1cc(C)oc1C. The fourth-order valence-corrected chi connectivity index (χ4v) is 2.71. The number of furan rings is 1. The lowest BCUT2D eigenvalue weighted by atomic mass is 10.1. The summed E-state index contributed by atoms with van der Waals surface area (Å²) in [6, 6.07) is 1.71. The van der Waals surface area contributed by atoms with Gasteiger partial charge in [-0.25, -0.2) is 8.42 Å². The average Bonchev–Trinajstić information content (AvgIpc) is 2.42. The number of rotatable bonds is 5. The third-order valence-corrected chi connectivity index (χ3v) is 3.31. The van der Waals surface area contributed by atoms with Crippen molar-refractivity contribution in [3.8, 4) is 0 Å². The van der Waals surface area contributed by atoms with Crippen LogP contribution in [0.15, 0.2) is 10.5 Å². The normalized spacial score (nSPS) is 14.0. The zero-order valence-corrected chi connectivity index (χ0v) is 11.0. The molecule has 0 saturated heterocycles. The van der Waals surface area contributed by atoms with Crippen molar-refractivity contribution in [1.82, 2.24) is 5.32 Å². The van der Waals surface area contributed by atoms with Crippen molar-refractivity contribution in [2.75, 3.05) is 18.6 Å². The quantitative estimate of drug-likeness (QED) is 0.856. The molecule has 0 bridgehead atoms. The van der Waals surface area contributed by atoms with Crippen LogP contribution in [0.5, 0.6) is 0 Å². The van der Waals surface area contributed by atoms with Gasteiger partial charge in [-0.2, -0.15) is 0 Å². The molecule has 0 spiro atoms. The standard InChI is InChI=1S/C11H19NO3S/c1-5-12-11(7-16(4,13)14)10-6-8(2)15-9(10)3/h6,11-12H,5,7H2,1-4H3. The van der Waals surface area contributed by atoms with Gasteiger partial charge in [-0.05, 0) is 26.5 Å². The van der Waals surface area contributed by atoms with Gasteiger partial charge in [0.15, 0.2) is 0 Å². The van der Waals surface area contributed by atoms with Crippen LogP contribution in [0.3, 0.4) is 0 Å². The highest BCUT2D eigenvalue weighted by Crippen LogP contribution is 2.22. The van der Waals surface area contributed by atoms with E-state index >= 15 is 0 Å². The first-order chi connectivity index (χ1) is 7.33. The average molecular weight is 245 g/mol. The van der Waals surface area contributed by atoms with Gasteiger partial charge in [0.1, 0.15) is 21.4 Å². The minimum atomic E-state index is -3.01. The van der Waals surface area contributed by atoms with Gasteiger partial charge >= 0.3 is 0 Å². The number of nitrogens with one attached hydrogen (secondary N) is 1. The van der Waals surface area contributed by atoms with Gasteiger partial charge in [-0.3, -0.25) is 0 Å². The molecule has 0 aliphatic heterocycles. The van der Waals surface area contributed by atoms with E-state index in [0.29, 0.717) is 0 Å². The molecule has 5 heteroatoms. The van der Waals surface area contributed by atoms with Crippen LogP contribution in [0.1, 0.15) is 30.0 Å². The summed E-state index contributed by atoms with van der Waals surface area (Å²) >= 11 is 0. The molecule has 0 saturated carbocycles. The molecule has 0 aliphatic rings. The molecule has 1 rings (SSSR count). The predicted octanol–water partition coefficient (Wildman–Crippen LogP) is 1.59. The van der Waals surface area contributed by atoms with Gasteiger partial charge in [0.2, 0.25) is 0 Å². The van der Waals surface area contributed by atoms with Gasteiger partial charge < -0.3 is 9.73 Å². The molecule has 92 valence electrons. The number of sulfone groups is 1. The van der Waals surface area contributed by atoms with Crippen LogP contribution < -0.4 is 5.32 Å². The van der Waals surface area contributed by atoms with E-state index in [2.05, 4.69) is 5.32 Å². The molecule has 1 aromatic heterocycles. The van der Waals surface area contributed by atoms with Crippen LogP contribution in [0.4, 0.5) is 0 Å². The summed E-state index contributed by atoms with van der Waals surface area (Å²) in [6.45, 7) is 6.40. The van der Waals surface area contributed by atoms with E-state index in [1.54, 1.807) is 0 Å². The molecular weight excluding hydrogens is 226 g/mol. The maximum atomic E-state index is 11.3. The first-order valence-electron chi connectivity index (χ1n) is 5.31. The van der Waals surface area contributed by atoms with Gasteiger partial charge in [0.05, 0.1) is 5.75 Å². The molecule has 0 fully saturated rings. The monoisotopic (exact) mass is 245 g/mol. The summed E-state index contributed by atoms with van der Waals surface area (Å²) in [5.74, 6) is 1.69. The van der Waals surface area contributed by atoms with Crippen molar-refractivity contribution < 1.29 is 12.8 Å². The minimum absolute atomic E-state index is 0.0979. The molecule has 16 heavy (non-hydrogen) atoms. The summed E-state index contributed by atoms with van der Waals surface area (Å²) in [5.41, 5.74) is 0.935. The molecule has 0 aliphatic carbocycles. The van der Waals surface area contributed by atoms with Gasteiger partial charge in [0, 0.05) is 17.9 Å². The molecule has 4 nitrogen and oxygen atoms in total. The predicted molar refractivity (Wildman–Crippen MR) is 64.3 cm³/mol. The van der Waals surface area contributed by atoms with E-state index < -0.39 is 9.84 Å². The highest BCUT2D eigenvalue weighted by molar-refractivity contribution is 7.90. The molecular formula is C11H19NO3S. The van der Waals surface area contributed by atoms with Crippen molar-refractivity contribution in [3.05, 3.63) is 23.2 Å². The van der Waals surface area contributed by atoms with Crippen LogP contribution in [-0.4, -0.2) is 27.0 Å². The van der Waals surface area contributed by atoms with E-state index in [1.165, 1.54) is 6.26 Å². The number of hydrogen-bond donors (Lipinski definition) is 1. The Kier molecular flexibility index (Phi) is 4.15. The van der Waals surface area contributed by atoms with Crippen LogP contribution in [0.25, 0.3) is 0 Å². The van der Waals surface area contributed by atoms with Gasteiger partial charge in [-0.1, -0.05) is 6.92 Å². The van der Waals surface area contributed by atoms with E-state index in [9.17, 15) is 8.42 Å². The zero-order chi connectivity index (χ0) is 12.3. The van der Waals surface area contributed by atoms with Crippen LogP contribution in [0.2, 0.25) is 0 Å². The largest absolute Gasteiger partial charge is 0.466 e. The number of aryl methyl sites for hydroxylation is 2. The summed E-state index contributed by atoms with van der Waals surface area (Å²) < 4.78 is 28.1. The van der Waals surface area contributed by atoms with Crippen LogP contribution in [0, 0.1) is 13.8 Å². The maximum Gasteiger partial charge on any atom is 0.149 e. The van der Waals surface area contributed by atoms with Crippen molar-refractivity contribution in [1.29, 1.82) is 0 Å². The molecule has 0 amide bonds. The second kappa shape index (κ2) is 5.01. The van der Waals surface area contributed by atoms with Crippen LogP contribution in [-0.2, 0) is 9.84 Å². The number of hydrogen-bond acceptors (Lipinski definition) is 4. The lowest BCUT2D eigenvalue weighted by Gasteiger charge is -2.16. The van der Waals surface area contributed by atoms with E-state index in [-0.39, 0.29) is 11.8 Å². The molecule has 0 aromatic carbocycles. The van der Waals surface area contributed by atoms with Crippen LogP contribution >= 0.6 is 0 Å². The second-order valence-electron chi connectivity index (χ2n) is 4.07. The fraction of sp³-hybridized carbons (Fsp3) is 0.636. The van der Waals surface area contributed by atoms with Gasteiger partial charge in [-0.15, -0.1) is 0 Å². The second-order valence-corrected chi connectivity index (χ2v) is 6.26. The van der Waals surface area contributed by atoms with Crippen molar-refractivity contribution in [2.24, 2.45) is 0 Å². The Morgan fingerprint density at radius 3 is 2.44 bits per heavy atom. The lowest BCUT2D eigenvalue weighted by molar-refractivity contribution is 0.491. The molecule has 1 N–H and O–H groups in total. The summed E-state index contributed by atoms with van der Waals surface area (Å²) in [4.78, 5) is 0. The Labute approximate surface area is 97.0 Å². The Hall–Kier alpha value is -0.810. The van der Waals surface area contributed by atoms with Crippen molar-refractivity contribution >= 4 is 9.84 Å². The van der Waals surface area contributed by atoms with Gasteiger partial charge in [0.25, 0.3) is 0 Å². The maximum absolute atomic E-state index is 11.3. The summed E-state index contributed by atoms with van der Waals surface area (Å²) in [5, 5.41) is 3.17. The summed E-state index contributed by atoms with van der Waals surface area (Å²) in [7, 11) is -3.01. The Balaban J connectivity index is 2.98. The van der Waals surface area contributed by atoms with E-state index in [0.717, 1.165) is 23.6 Å². The Bertz CT molecular complexity index is 448.